The number of aryl methyl sites for hydroxylation is 1. The summed E-state index contributed by atoms with van der Waals surface area (Å²) in [7, 11) is 0. The van der Waals surface area contributed by atoms with E-state index < -0.39 is 12.0 Å². The molecule has 0 saturated carbocycles. The fourth-order valence-corrected chi connectivity index (χ4v) is 2.90. The molecule has 0 radical (unpaired) electrons. The fourth-order valence-electron chi connectivity index (χ4n) is 2.90. The second-order valence-electron chi connectivity index (χ2n) is 6.34. The van der Waals surface area contributed by atoms with E-state index in [1.165, 1.54) is 12.0 Å². The zero-order valence-electron chi connectivity index (χ0n) is 14.3. The molecule has 1 aromatic carbocycles. The summed E-state index contributed by atoms with van der Waals surface area (Å²) in [6.45, 7) is 2.03. The van der Waals surface area contributed by atoms with Crippen molar-refractivity contribution in [1.29, 1.82) is 0 Å². The summed E-state index contributed by atoms with van der Waals surface area (Å²) in [6, 6.07) is 9.37. The number of ether oxygens (including phenoxy) is 1. The second kappa shape index (κ2) is 10.1. The van der Waals surface area contributed by atoms with Gasteiger partial charge in [0, 0.05) is 19.5 Å². The lowest BCUT2D eigenvalue weighted by Crippen LogP contribution is -2.38. The third kappa shape index (κ3) is 6.32. The van der Waals surface area contributed by atoms with E-state index in [1.54, 1.807) is 0 Å². The molecule has 5 heteroatoms. The van der Waals surface area contributed by atoms with Crippen molar-refractivity contribution in [3.8, 4) is 0 Å². The number of esters is 1. The third-order valence-electron chi connectivity index (χ3n) is 4.38. The van der Waals surface area contributed by atoms with Gasteiger partial charge in [-0.2, -0.15) is 0 Å². The number of carbonyl (C=O) groups is 2. The molecule has 1 fully saturated rings. The number of amides is 1. The quantitative estimate of drug-likeness (QED) is 0.585. The summed E-state index contributed by atoms with van der Waals surface area (Å²) in [5.41, 5.74) is 7.07. The van der Waals surface area contributed by atoms with Gasteiger partial charge in [0.05, 0.1) is 6.61 Å². The van der Waals surface area contributed by atoms with Gasteiger partial charge in [-0.1, -0.05) is 30.3 Å². The zero-order valence-corrected chi connectivity index (χ0v) is 14.3. The van der Waals surface area contributed by atoms with Crippen molar-refractivity contribution in [3.63, 3.8) is 0 Å². The molecule has 24 heavy (non-hydrogen) atoms. The van der Waals surface area contributed by atoms with Gasteiger partial charge in [0.2, 0.25) is 5.91 Å². The number of piperidine rings is 1. The highest BCUT2D eigenvalue weighted by atomic mass is 16.5. The first-order valence-corrected chi connectivity index (χ1v) is 8.91. The molecule has 1 saturated heterocycles. The van der Waals surface area contributed by atoms with Gasteiger partial charge in [-0.25, -0.2) is 0 Å². The molecule has 1 aliphatic heterocycles. The number of nitrogens with zero attached hydrogens (tertiary/aromatic N) is 1. The lowest BCUT2D eigenvalue weighted by molar-refractivity contribution is -0.145. The first-order valence-electron chi connectivity index (χ1n) is 8.91. The summed E-state index contributed by atoms with van der Waals surface area (Å²) in [6.07, 6.45) is 5.65. The van der Waals surface area contributed by atoms with Crippen molar-refractivity contribution < 1.29 is 14.3 Å². The van der Waals surface area contributed by atoms with E-state index in [2.05, 4.69) is 12.1 Å². The number of nitrogens with two attached hydrogens (primary N) is 1. The van der Waals surface area contributed by atoms with Gasteiger partial charge in [-0.3, -0.25) is 9.59 Å². The molecule has 0 aromatic heterocycles. The number of rotatable bonds is 8. The van der Waals surface area contributed by atoms with Crippen molar-refractivity contribution in [3.05, 3.63) is 35.9 Å². The average molecular weight is 332 g/mol. The van der Waals surface area contributed by atoms with E-state index in [4.69, 9.17) is 10.5 Å². The standard InChI is InChI=1S/C19H28N2O3/c20-17(11-12-18(22)21-13-5-2-6-14-21)19(23)24-15-7-10-16-8-3-1-4-9-16/h1,3-4,8-9,17H,2,5-7,10-15,20H2/t17-/m0/s1. The minimum absolute atomic E-state index is 0.0991. The van der Waals surface area contributed by atoms with Crippen LogP contribution in [0.5, 0.6) is 0 Å². The van der Waals surface area contributed by atoms with Crippen molar-refractivity contribution >= 4 is 11.9 Å². The molecule has 1 amide bonds. The Morgan fingerprint density at radius 1 is 1.12 bits per heavy atom. The lowest BCUT2D eigenvalue weighted by atomic mass is 10.1. The third-order valence-corrected chi connectivity index (χ3v) is 4.38. The van der Waals surface area contributed by atoms with Gasteiger partial charge in [-0.05, 0) is 44.1 Å². The van der Waals surface area contributed by atoms with E-state index in [1.807, 2.05) is 23.1 Å². The molecular weight excluding hydrogens is 304 g/mol. The maximum absolute atomic E-state index is 12.1. The smallest absolute Gasteiger partial charge is 0.322 e. The predicted octanol–water partition coefficient (Wildman–Crippen LogP) is 2.28. The Kier molecular flexibility index (Phi) is 7.75. The van der Waals surface area contributed by atoms with Crippen LogP contribution in [0.4, 0.5) is 0 Å². The Morgan fingerprint density at radius 3 is 2.54 bits per heavy atom. The Hall–Kier alpha value is -1.88. The van der Waals surface area contributed by atoms with Crippen molar-refractivity contribution in [2.75, 3.05) is 19.7 Å². The lowest BCUT2D eigenvalue weighted by Gasteiger charge is -2.27. The normalized spacial score (nSPS) is 15.8. The van der Waals surface area contributed by atoms with Crippen LogP contribution in [0.3, 0.4) is 0 Å². The number of benzene rings is 1. The van der Waals surface area contributed by atoms with E-state index in [0.29, 0.717) is 19.4 Å². The SMILES string of the molecule is N[C@@H](CCC(=O)N1CCCCC1)C(=O)OCCCc1ccccc1. The number of likely N-dealkylation sites (tertiary alicyclic amines) is 1. The van der Waals surface area contributed by atoms with Crippen molar-refractivity contribution in [2.24, 2.45) is 5.73 Å². The Morgan fingerprint density at radius 2 is 1.83 bits per heavy atom. The molecule has 0 aliphatic carbocycles. The van der Waals surface area contributed by atoms with Crippen molar-refractivity contribution in [1.82, 2.24) is 4.90 Å². The summed E-state index contributed by atoms with van der Waals surface area (Å²) in [4.78, 5) is 25.8. The summed E-state index contributed by atoms with van der Waals surface area (Å²) in [5, 5.41) is 0. The zero-order chi connectivity index (χ0) is 17.2. The van der Waals surface area contributed by atoms with Crippen LogP contribution in [0, 0.1) is 0 Å². The van der Waals surface area contributed by atoms with Crippen LogP contribution >= 0.6 is 0 Å². The Labute approximate surface area is 144 Å². The highest BCUT2D eigenvalue weighted by Gasteiger charge is 2.20. The maximum atomic E-state index is 12.1. The van der Waals surface area contributed by atoms with E-state index in [9.17, 15) is 9.59 Å². The average Bonchev–Trinajstić information content (AvgIpc) is 2.64. The van der Waals surface area contributed by atoms with Crippen molar-refractivity contribution in [2.45, 2.75) is 51.0 Å². The van der Waals surface area contributed by atoms with Crippen LogP contribution in [0.25, 0.3) is 0 Å². The largest absolute Gasteiger partial charge is 0.465 e. The van der Waals surface area contributed by atoms with Crippen LogP contribution in [-0.2, 0) is 20.7 Å². The first kappa shape index (κ1) is 18.5. The molecule has 2 N–H and O–H groups in total. The molecule has 1 atom stereocenters. The summed E-state index contributed by atoms with van der Waals surface area (Å²) in [5.74, 6) is -0.309. The monoisotopic (exact) mass is 332 g/mol. The predicted molar refractivity (Wildman–Crippen MR) is 93.4 cm³/mol. The topological polar surface area (TPSA) is 72.6 Å². The van der Waals surface area contributed by atoms with Gasteiger partial charge in [0.15, 0.2) is 0 Å². The minimum atomic E-state index is -0.713. The fraction of sp³-hybridized carbons (Fsp3) is 0.579. The second-order valence-corrected chi connectivity index (χ2v) is 6.34. The van der Waals surface area contributed by atoms with Crippen LogP contribution in [0.2, 0.25) is 0 Å². The van der Waals surface area contributed by atoms with Gasteiger partial charge in [-0.15, -0.1) is 0 Å². The first-order chi connectivity index (χ1) is 11.7. The van der Waals surface area contributed by atoms with E-state index in [-0.39, 0.29) is 5.91 Å². The molecule has 0 spiro atoms. The van der Waals surface area contributed by atoms with Crippen LogP contribution < -0.4 is 5.73 Å². The van der Waals surface area contributed by atoms with Crippen LogP contribution in [0.15, 0.2) is 30.3 Å². The molecule has 0 bridgehead atoms. The number of carbonyl (C=O) groups excluding carboxylic acids is 2. The number of hydrogen-bond acceptors (Lipinski definition) is 4. The van der Waals surface area contributed by atoms with Gasteiger partial charge in [0.25, 0.3) is 0 Å². The van der Waals surface area contributed by atoms with Gasteiger partial charge in [0.1, 0.15) is 6.04 Å². The van der Waals surface area contributed by atoms with Crippen LogP contribution in [0.1, 0.15) is 44.1 Å². The molecule has 2 rings (SSSR count). The Balaban J connectivity index is 1.58. The molecule has 5 nitrogen and oxygen atoms in total. The summed E-state index contributed by atoms with van der Waals surface area (Å²) < 4.78 is 5.21. The molecular formula is C19H28N2O3. The number of hydrogen-bond donors (Lipinski definition) is 1. The molecule has 132 valence electrons. The van der Waals surface area contributed by atoms with Crippen LogP contribution in [-0.4, -0.2) is 42.5 Å². The molecule has 1 aliphatic rings. The van der Waals surface area contributed by atoms with Gasteiger partial charge >= 0.3 is 5.97 Å². The molecule has 1 heterocycles. The Bertz CT molecular complexity index is 513. The summed E-state index contributed by atoms with van der Waals surface area (Å²) >= 11 is 0. The minimum Gasteiger partial charge on any atom is -0.465 e. The van der Waals surface area contributed by atoms with Gasteiger partial charge < -0.3 is 15.4 Å². The highest BCUT2D eigenvalue weighted by molar-refractivity contribution is 5.79. The van der Waals surface area contributed by atoms with E-state index >= 15 is 0 Å². The molecule has 1 aromatic rings. The molecule has 0 unspecified atom stereocenters. The van der Waals surface area contributed by atoms with E-state index in [0.717, 1.165) is 38.8 Å². The maximum Gasteiger partial charge on any atom is 0.322 e. The highest BCUT2D eigenvalue weighted by Crippen LogP contribution is 2.11.